The van der Waals surface area contributed by atoms with Gasteiger partial charge in [0.1, 0.15) is 0 Å². The van der Waals surface area contributed by atoms with E-state index in [0.29, 0.717) is 12.8 Å². The normalized spacial score (nSPS) is 21.4. The van der Waals surface area contributed by atoms with Gasteiger partial charge in [0.05, 0.1) is 7.11 Å². The number of ether oxygens (including phenoxy) is 1. The van der Waals surface area contributed by atoms with E-state index in [0.717, 1.165) is 32.1 Å². The molecule has 0 fully saturated rings. The molecule has 3 unspecified atom stereocenters. The Morgan fingerprint density at radius 3 is 2.75 bits per heavy atom. The molecule has 0 aromatic carbocycles. The van der Waals surface area contributed by atoms with Gasteiger partial charge in [0.25, 0.3) is 0 Å². The molecule has 0 aliphatic heterocycles. The van der Waals surface area contributed by atoms with Crippen molar-refractivity contribution in [3.63, 3.8) is 0 Å². The summed E-state index contributed by atoms with van der Waals surface area (Å²) in [5.41, 5.74) is 0. The van der Waals surface area contributed by atoms with Crippen molar-refractivity contribution in [3.8, 4) is 0 Å². The first kappa shape index (κ1) is 20.3. The van der Waals surface area contributed by atoms with Crippen LogP contribution in [0.4, 0.5) is 0 Å². The van der Waals surface area contributed by atoms with Crippen LogP contribution in [0.1, 0.15) is 58.8 Å². The largest absolute Gasteiger partial charge is 0.469 e. The van der Waals surface area contributed by atoms with Crippen molar-refractivity contribution in [2.24, 2.45) is 17.8 Å². The van der Waals surface area contributed by atoms with E-state index < -0.39 is 0 Å². The van der Waals surface area contributed by atoms with Crippen molar-refractivity contribution in [3.05, 3.63) is 24.3 Å². The van der Waals surface area contributed by atoms with Crippen LogP contribution in [-0.4, -0.2) is 24.6 Å². The summed E-state index contributed by atoms with van der Waals surface area (Å²) < 4.78 is 4.67. The van der Waals surface area contributed by atoms with Gasteiger partial charge >= 0.3 is 5.97 Å². The molecule has 0 amide bonds. The second-order valence-electron chi connectivity index (χ2n) is 6.69. The smallest absolute Gasteiger partial charge is 0.305 e. The van der Waals surface area contributed by atoms with Crippen LogP contribution in [0.15, 0.2) is 24.3 Å². The summed E-state index contributed by atoms with van der Waals surface area (Å²) in [5, 5.41) is 0. The van der Waals surface area contributed by atoms with Gasteiger partial charge in [0, 0.05) is 24.7 Å². The van der Waals surface area contributed by atoms with Crippen LogP contribution in [0.5, 0.6) is 0 Å². The Balaban J connectivity index is 2.46. The SMILES string of the molecule is CCCCCC(=O)C=CC1C=CC(=O)C1CCC(C)CC(=O)OC. The van der Waals surface area contributed by atoms with Gasteiger partial charge in [0.2, 0.25) is 0 Å². The highest BCUT2D eigenvalue weighted by Crippen LogP contribution is 2.30. The van der Waals surface area contributed by atoms with Gasteiger partial charge in [-0.15, -0.1) is 0 Å². The Bertz CT molecular complexity index is 490. The number of esters is 1. The molecule has 134 valence electrons. The third kappa shape index (κ3) is 7.24. The van der Waals surface area contributed by atoms with Crippen LogP contribution in [-0.2, 0) is 19.1 Å². The maximum atomic E-state index is 12.0. The summed E-state index contributed by atoms with van der Waals surface area (Å²) in [6.07, 6.45) is 12.6. The van der Waals surface area contributed by atoms with E-state index in [1.165, 1.54) is 7.11 Å². The van der Waals surface area contributed by atoms with Crippen LogP contribution in [0, 0.1) is 17.8 Å². The number of carbonyl (C=O) groups is 3. The molecule has 0 aromatic rings. The molecule has 0 aromatic heterocycles. The van der Waals surface area contributed by atoms with Crippen LogP contribution >= 0.6 is 0 Å². The Morgan fingerprint density at radius 2 is 2.08 bits per heavy atom. The molecular formula is C20H30O4. The first-order chi connectivity index (χ1) is 11.5. The minimum absolute atomic E-state index is 0.00190. The Hall–Kier alpha value is -1.71. The maximum absolute atomic E-state index is 12.0. The summed E-state index contributed by atoms with van der Waals surface area (Å²) in [4.78, 5) is 35.2. The lowest BCUT2D eigenvalue weighted by molar-refractivity contribution is -0.141. The predicted octanol–water partition coefficient (Wildman–Crippen LogP) is 4.04. The van der Waals surface area contributed by atoms with E-state index in [9.17, 15) is 14.4 Å². The Morgan fingerprint density at radius 1 is 1.33 bits per heavy atom. The minimum Gasteiger partial charge on any atom is -0.469 e. The van der Waals surface area contributed by atoms with Gasteiger partial charge < -0.3 is 4.74 Å². The van der Waals surface area contributed by atoms with Crippen LogP contribution < -0.4 is 0 Å². The fourth-order valence-electron chi connectivity index (χ4n) is 2.97. The molecule has 0 bridgehead atoms. The monoisotopic (exact) mass is 334 g/mol. The molecule has 0 saturated heterocycles. The lowest BCUT2D eigenvalue weighted by atomic mass is 9.86. The highest BCUT2D eigenvalue weighted by Gasteiger charge is 2.28. The molecule has 1 aliphatic rings. The van der Waals surface area contributed by atoms with Gasteiger partial charge in [-0.25, -0.2) is 0 Å². The van der Waals surface area contributed by atoms with Gasteiger partial charge in [0.15, 0.2) is 11.6 Å². The molecule has 4 nitrogen and oxygen atoms in total. The summed E-state index contributed by atoms with van der Waals surface area (Å²) in [5.74, 6) is 0.115. The Labute approximate surface area is 145 Å². The third-order valence-corrected chi connectivity index (χ3v) is 4.56. The first-order valence-electron chi connectivity index (χ1n) is 8.97. The van der Waals surface area contributed by atoms with Gasteiger partial charge in [-0.05, 0) is 37.3 Å². The molecule has 0 heterocycles. The molecular weight excluding hydrogens is 304 g/mol. The van der Waals surface area contributed by atoms with Gasteiger partial charge in [-0.2, -0.15) is 0 Å². The fourth-order valence-corrected chi connectivity index (χ4v) is 2.97. The molecule has 0 spiro atoms. The number of rotatable bonds is 11. The van der Waals surface area contributed by atoms with Crippen LogP contribution in [0.3, 0.4) is 0 Å². The van der Waals surface area contributed by atoms with E-state index in [4.69, 9.17) is 0 Å². The standard InChI is InChI=1S/C20H30O4/c1-4-5-6-7-17(21)11-9-16-10-13-19(22)18(16)12-8-15(2)14-20(23)24-3/h9-11,13,15-16,18H,4-8,12,14H2,1-3H3. The average Bonchev–Trinajstić information content (AvgIpc) is 2.91. The Kier molecular flexibility index (Phi) is 9.28. The van der Waals surface area contributed by atoms with Crippen molar-refractivity contribution >= 4 is 17.5 Å². The number of unbranched alkanes of at least 4 members (excludes halogenated alkanes) is 2. The lowest BCUT2D eigenvalue weighted by Gasteiger charge is -2.17. The van der Waals surface area contributed by atoms with E-state index in [-0.39, 0.29) is 35.3 Å². The summed E-state index contributed by atoms with van der Waals surface area (Å²) >= 11 is 0. The lowest BCUT2D eigenvalue weighted by Crippen LogP contribution is -2.17. The van der Waals surface area contributed by atoms with Crippen LogP contribution in [0.25, 0.3) is 0 Å². The first-order valence-corrected chi connectivity index (χ1v) is 8.97. The number of carbonyl (C=O) groups excluding carboxylic acids is 3. The minimum atomic E-state index is -0.215. The van der Waals surface area contributed by atoms with Crippen molar-refractivity contribution in [2.75, 3.05) is 7.11 Å². The molecule has 3 atom stereocenters. The fraction of sp³-hybridized carbons (Fsp3) is 0.650. The zero-order chi connectivity index (χ0) is 17.9. The number of allylic oxidation sites excluding steroid dienone is 4. The van der Waals surface area contributed by atoms with Crippen molar-refractivity contribution < 1.29 is 19.1 Å². The van der Waals surface area contributed by atoms with E-state index in [1.807, 2.05) is 19.1 Å². The average molecular weight is 334 g/mol. The number of hydrogen-bond donors (Lipinski definition) is 0. The summed E-state index contributed by atoms with van der Waals surface area (Å²) in [6, 6.07) is 0. The third-order valence-electron chi connectivity index (χ3n) is 4.56. The molecule has 0 N–H and O–H groups in total. The number of methoxy groups -OCH3 is 1. The highest BCUT2D eigenvalue weighted by atomic mass is 16.5. The van der Waals surface area contributed by atoms with Crippen LogP contribution in [0.2, 0.25) is 0 Å². The number of hydrogen-bond acceptors (Lipinski definition) is 4. The van der Waals surface area contributed by atoms with Crippen molar-refractivity contribution in [1.82, 2.24) is 0 Å². The van der Waals surface area contributed by atoms with E-state index >= 15 is 0 Å². The van der Waals surface area contributed by atoms with E-state index in [1.54, 1.807) is 12.2 Å². The van der Waals surface area contributed by atoms with Crippen molar-refractivity contribution in [1.29, 1.82) is 0 Å². The second kappa shape index (κ2) is 11.0. The molecule has 1 aliphatic carbocycles. The summed E-state index contributed by atoms with van der Waals surface area (Å²) in [6.45, 7) is 4.10. The molecule has 0 radical (unpaired) electrons. The van der Waals surface area contributed by atoms with E-state index in [2.05, 4.69) is 11.7 Å². The molecule has 24 heavy (non-hydrogen) atoms. The molecule has 0 saturated carbocycles. The van der Waals surface area contributed by atoms with Gasteiger partial charge in [-0.1, -0.05) is 38.8 Å². The quantitative estimate of drug-likeness (QED) is 0.325. The van der Waals surface area contributed by atoms with Crippen molar-refractivity contribution in [2.45, 2.75) is 58.8 Å². The zero-order valence-electron chi connectivity index (χ0n) is 15.1. The zero-order valence-corrected chi connectivity index (χ0v) is 15.1. The maximum Gasteiger partial charge on any atom is 0.305 e. The second-order valence-corrected chi connectivity index (χ2v) is 6.69. The summed E-state index contributed by atoms with van der Waals surface area (Å²) in [7, 11) is 1.39. The predicted molar refractivity (Wildman–Crippen MR) is 94.4 cm³/mol. The molecule has 4 heteroatoms. The van der Waals surface area contributed by atoms with Gasteiger partial charge in [-0.3, -0.25) is 14.4 Å². The molecule has 1 rings (SSSR count). The topological polar surface area (TPSA) is 60.4 Å². The highest BCUT2D eigenvalue weighted by molar-refractivity contribution is 5.95. The number of ketones is 2.